The first-order chi connectivity index (χ1) is 9.64. The molecule has 1 N–H and O–H groups in total. The van der Waals surface area contributed by atoms with Gasteiger partial charge >= 0.3 is 0 Å². The van der Waals surface area contributed by atoms with Gasteiger partial charge in [0, 0.05) is 18.1 Å². The Kier molecular flexibility index (Phi) is 5.13. The molecule has 2 aliphatic rings. The van der Waals surface area contributed by atoms with Crippen LogP contribution in [0.3, 0.4) is 0 Å². The number of hydrogen-bond donors (Lipinski definition) is 1. The molecule has 1 atom stereocenters. The summed E-state index contributed by atoms with van der Waals surface area (Å²) < 4.78 is 0. The molecule has 2 amide bonds. The highest BCUT2D eigenvalue weighted by molar-refractivity contribution is 7.99. The Labute approximate surface area is 125 Å². The van der Waals surface area contributed by atoms with Crippen molar-refractivity contribution in [3.63, 3.8) is 0 Å². The zero-order chi connectivity index (χ0) is 14.6. The molecule has 20 heavy (non-hydrogen) atoms. The third-order valence-electron chi connectivity index (χ3n) is 4.27. The predicted molar refractivity (Wildman–Crippen MR) is 82.7 cm³/mol. The molecule has 1 saturated heterocycles. The summed E-state index contributed by atoms with van der Waals surface area (Å²) in [6, 6.07) is -0.293. The molecule has 0 bridgehead atoms. The van der Waals surface area contributed by atoms with Crippen LogP contribution in [0.4, 0.5) is 0 Å². The maximum Gasteiger partial charge on any atom is 0.249 e. The summed E-state index contributed by atoms with van der Waals surface area (Å²) in [5.41, 5.74) is -0.591. The van der Waals surface area contributed by atoms with E-state index in [-0.39, 0.29) is 17.9 Å². The van der Waals surface area contributed by atoms with Crippen molar-refractivity contribution < 1.29 is 9.59 Å². The third-order valence-corrected chi connectivity index (χ3v) is 5.21. The first-order valence-electron chi connectivity index (χ1n) is 7.46. The fourth-order valence-electron chi connectivity index (χ4n) is 3.24. The Bertz CT molecular complexity index is 391. The van der Waals surface area contributed by atoms with Crippen LogP contribution in [0.15, 0.2) is 12.7 Å². The molecule has 0 aromatic carbocycles. The quantitative estimate of drug-likeness (QED) is 0.602. The number of nitrogens with zero attached hydrogens (tertiary/aromatic N) is 1. The maximum atomic E-state index is 12.8. The number of thioether (sulfide) groups is 1. The van der Waals surface area contributed by atoms with Gasteiger partial charge in [-0.3, -0.25) is 9.59 Å². The van der Waals surface area contributed by atoms with Crippen LogP contribution in [0, 0.1) is 0 Å². The summed E-state index contributed by atoms with van der Waals surface area (Å²) in [5.74, 6) is 1.91. The van der Waals surface area contributed by atoms with E-state index in [4.69, 9.17) is 0 Å². The predicted octanol–water partition coefficient (Wildman–Crippen LogP) is 1.96. The van der Waals surface area contributed by atoms with Crippen LogP contribution in [0.25, 0.3) is 0 Å². The molecule has 1 aliphatic heterocycles. The van der Waals surface area contributed by atoms with Gasteiger partial charge in [-0.1, -0.05) is 25.8 Å². The fourth-order valence-corrected chi connectivity index (χ4v) is 3.90. The molecule has 1 heterocycles. The highest BCUT2D eigenvalue weighted by Crippen LogP contribution is 2.35. The summed E-state index contributed by atoms with van der Waals surface area (Å²) in [5, 5.41) is 3.02. The highest BCUT2D eigenvalue weighted by Gasteiger charge is 2.51. The average Bonchev–Trinajstić information content (AvgIpc) is 2.89. The van der Waals surface area contributed by atoms with E-state index >= 15 is 0 Å². The summed E-state index contributed by atoms with van der Waals surface area (Å²) in [6.07, 6.45) is 6.20. The number of rotatable bonds is 6. The largest absolute Gasteiger partial charge is 0.340 e. The lowest BCUT2D eigenvalue weighted by atomic mass is 9.90. The minimum absolute atomic E-state index is 0.0303. The van der Waals surface area contributed by atoms with E-state index in [1.54, 1.807) is 11.8 Å². The molecule has 2 fully saturated rings. The van der Waals surface area contributed by atoms with E-state index in [0.29, 0.717) is 13.0 Å². The van der Waals surface area contributed by atoms with Crippen molar-refractivity contribution in [1.82, 2.24) is 10.2 Å². The third kappa shape index (κ3) is 2.87. The van der Waals surface area contributed by atoms with Crippen molar-refractivity contribution >= 4 is 23.6 Å². The molecule has 1 aliphatic carbocycles. The normalized spacial score (nSPS) is 25.1. The SMILES string of the molecule is C=CCSCCN1C(=O)C2(CCCC2)NC(=O)C1CC. The Morgan fingerprint density at radius 3 is 2.75 bits per heavy atom. The van der Waals surface area contributed by atoms with Crippen molar-refractivity contribution in [3.8, 4) is 0 Å². The number of amides is 2. The standard InChI is InChI=1S/C15H24N2O2S/c1-3-10-20-11-9-17-12(4-2)13(18)16-15(14(17)19)7-5-6-8-15/h3,12H,1,4-11H2,2H3,(H,16,18). The second kappa shape index (κ2) is 6.66. The molecule has 112 valence electrons. The van der Waals surface area contributed by atoms with Gasteiger partial charge in [0.05, 0.1) is 0 Å². The van der Waals surface area contributed by atoms with Gasteiger partial charge in [-0.05, 0) is 19.3 Å². The minimum Gasteiger partial charge on any atom is -0.340 e. The molecular formula is C15H24N2O2S. The minimum atomic E-state index is -0.591. The second-order valence-corrected chi connectivity index (χ2v) is 6.71. The van der Waals surface area contributed by atoms with E-state index in [1.807, 2.05) is 17.9 Å². The van der Waals surface area contributed by atoms with Crippen molar-refractivity contribution in [2.75, 3.05) is 18.1 Å². The van der Waals surface area contributed by atoms with Gasteiger partial charge in [0.25, 0.3) is 0 Å². The summed E-state index contributed by atoms with van der Waals surface area (Å²) >= 11 is 1.75. The van der Waals surface area contributed by atoms with Crippen LogP contribution in [-0.2, 0) is 9.59 Å². The summed E-state index contributed by atoms with van der Waals surface area (Å²) in [7, 11) is 0. The first-order valence-corrected chi connectivity index (χ1v) is 8.62. The molecule has 2 rings (SSSR count). The van der Waals surface area contributed by atoms with Crippen molar-refractivity contribution in [3.05, 3.63) is 12.7 Å². The van der Waals surface area contributed by atoms with Gasteiger partial charge < -0.3 is 10.2 Å². The van der Waals surface area contributed by atoms with Gasteiger partial charge in [0.15, 0.2) is 0 Å². The number of carbonyl (C=O) groups excluding carboxylic acids is 2. The van der Waals surface area contributed by atoms with E-state index in [2.05, 4.69) is 11.9 Å². The number of piperazine rings is 1. The van der Waals surface area contributed by atoms with Crippen LogP contribution in [0.2, 0.25) is 0 Å². The zero-order valence-corrected chi connectivity index (χ0v) is 13.0. The van der Waals surface area contributed by atoms with E-state index in [0.717, 1.165) is 37.2 Å². The molecule has 0 aromatic rings. The van der Waals surface area contributed by atoms with Crippen LogP contribution in [-0.4, -0.2) is 46.3 Å². The van der Waals surface area contributed by atoms with Crippen LogP contribution in [0.1, 0.15) is 39.0 Å². The number of hydrogen-bond acceptors (Lipinski definition) is 3. The highest BCUT2D eigenvalue weighted by atomic mass is 32.2. The van der Waals surface area contributed by atoms with Crippen molar-refractivity contribution in [2.45, 2.75) is 50.6 Å². The van der Waals surface area contributed by atoms with Crippen molar-refractivity contribution in [1.29, 1.82) is 0 Å². The van der Waals surface area contributed by atoms with E-state index < -0.39 is 5.54 Å². The summed E-state index contributed by atoms with van der Waals surface area (Å²) in [4.78, 5) is 26.9. The van der Waals surface area contributed by atoms with Gasteiger partial charge in [-0.2, -0.15) is 11.8 Å². The molecule has 5 heteroatoms. The molecule has 0 aromatic heterocycles. The second-order valence-electron chi connectivity index (χ2n) is 5.56. The molecule has 1 unspecified atom stereocenters. The molecular weight excluding hydrogens is 272 g/mol. The van der Waals surface area contributed by atoms with Crippen molar-refractivity contribution in [2.24, 2.45) is 0 Å². The van der Waals surface area contributed by atoms with Gasteiger partial charge in [-0.15, -0.1) is 6.58 Å². The average molecular weight is 296 g/mol. The topological polar surface area (TPSA) is 49.4 Å². The van der Waals surface area contributed by atoms with E-state index in [1.165, 1.54) is 0 Å². The molecule has 0 radical (unpaired) electrons. The lowest BCUT2D eigenvalue weighted by molar-refractivity contribution is -0.154. The smallest absolute Gasteiger partial charge is 0.249 e. The fraction of sp³-hybridized carbons (Fsp3) is 0.733. The number of nitrogens with one attached hydrogen (secondary N) is 1. The summed E-state index contributed by atoms with van der Waals surface area (Å²) in [6.45, 7) is 6.32. The lowest BCUT2D eigenvalue weighted by Crippen LogP contribution is -2.69. The van der Waals surface area contributed by atoms with E-state index in [9.17, 15) is 9.59 Å². The van der Waals surface area contributed by atoms with Crippen LogP contribution in [0.5, 0.6) is 0 Å². The molecule has 4 nitrogen and oxygen atoms in total. The number of carbonyl (C=O) groups is 2. The Balaban J connectivity index is 2.08. The Hall–Kier alpha value is -0.970. The molecule has 1 spiro atoms. The van der Waals surface area contributed by atoms with Crippen LogP contribution >= 0.6 is 11.8 Å². The van der Waals surface area contributed by atoms with Crippen LogP contribution < -0.4 is 5.32 Å². The van der Waals surface area contributed by atoms with Gasteiger partial charge in [-0.25, -0.2) is 0 Å². The first kappa shape index (κ1) is 15.4. The van der Waals surface area contributed by atoms with Gasteiger partial charge in [0.1, 0.15) is 11.6 Å². The lowest BCUT2D eigenvalue weighted by Gasteiger charge is -2.44. The maximum absolute atomic E-state index is 12.8. The Morgan fingerprint density at radius 1 is 1.45 bits per heavy atom. The van der Waals surface area contributed by atoms with Gasteiger partial charge in [0.2, 0.25) is 11.8 Å². The monoisotopic (exact) mass is 296 g/mol. The molecule has 1 saturated carbocycles. The Morgan fingerprint density at radius 2 is 2.15 bits per heavy atom. The zero-order valence-electron chi connectivity index (χ0n) is 12.2.